The number of hydrogen-bond acceptors (Lipinski definition) is 4. The molecule has 1 aromatic carbocycles. The minimum absolute atomic E-state index is 0.683. The summed E-state index contributed by atoms with van der Waals surface area (Å²) in [5.74, 6) is 0.921. The molecule has 2 nitrogen and oxygen atoms in total. The molecular weight excluding hydrogens is 382 g/mol. The third-order valence-corrected chi connectivity index (χ3v) is 7.74. The van der Waals surface area contributed by atoms with Crippen molar-refractivity contribution >= 4 is 28.2 Å². The van der Waals surface area contributed by atoms with Crippen LogP contribution in [0.3, 0.4) is 0 Å². The molecule has 2 fully saturated rings. The van der Waals surface area contributed by atoms with Gasteiger partial charge in [0.1, 0.15) is 5.75 Å². The number of benzene rings is 1. The summed E-state index contributed by atoms with van der Waals surface area (Å²) in [7, 11) is 1.73. The minimum Gasteiger partial charge on any atom is -0.497 e. The molecule has 144 valence electrons. The van der Waals surface area contributed by atoms with E-state index in [-0.39, 0.29) is 0 Å². The highest BCUT2D eigenvalue weighted by molar-refractivity contribution is 7.09. The molecule has 2 atom stereocenters. The van der Waals surface area contributed by atoms with E-state index in [1.807, 2.05) is 11.3 Å². The largest absolute Gasteiger partial charge is 0.497 e. The van der Waals surface area contributed by atoms with Gasteiger partial charge in [-0.1, -0.05) is 23.8 Å². The average Bonchev–Trinajstić information content (AvgIpc) is 3.47. The van der Waals surface area contributed by atoms with Gasteiger partial charge in [-0.3, -0.25) is 4.90 Å². The Labute approximate surface area is 175 Å². The van der Waals surface area contributed by atoms with Crippen molar-refractivity contribution < 1.29 is 4.74 Å². The van der Waals surface area contributed by atoms with Crippen molar-refractivity contribution in [2.45, 2.75) is 44.3 Å². The Hall–Kier alpha value is -1.88. The fourth-order valence-corrected chi connectivity index (χ4v) is 6.25. The van der Waals surface area contributed by atoms with Crippen LogP contribution in [0, 0.1) is 0 Å². The Morgan fingerprint density at radius 3 is 2.39 bits per heavy atom. The summed E-state index contributed by atoms with van der Waals surface area (Å²) in [5, 5.41) is 6.69. The van der Waals surface area contributed by atoms with Gasteiger partial charge in [-0.15, -0.1) is 11.3 Å². The van der Waals surface area contributed by atoms with Crippen LogP contribution in [-0.4, -0.2) is 24.1 Å². The number of methoxy groups -OCH3 is 1. The quantitative estimate of drug-likeness (QED) is 0.482. The highest BCUT2D eigenvalue weighted by Crippen LogP contribution is 2.44. The molecule has 2 aliphatic heterocycles. The van der Waals surface area contributed by atoms with Crippen LogP contribution in [0.4, 0.5) is 0 Å². The zero-order valence-electron chi connectivity index (χ0n) is 16.1. The van der Waals surface area contributed by atoms with E-state index in [9.17, 15) is 0 Å². The van der Waals surface area contributed by atoms with Crippen LogP contribution in [-0.2, 0) is 6.54 Å². The number of thiophene rings is 2. The fourth-order valence-electron chi connectivity index (χ4n) is 4.89. The topological polar surface area (TPSA) is 12.5 Å². The zero-order chi connectivity index (χ0) is 18.9. The first-order chi connectivity index (χ1) is 13.8. The Bertz CT molecular complexity index is 925. The predicted molar refractivity (Wildman–Crippen MR) is 119 cm³/mol. The van der Waals surface area contributed by atoms with E-state index in [0.29, 0.717) is 12.1 Å². The van der Waals surface area contributed by atoms with Crippen LogP contribution >= 0.6 is 22.7 Å². The summed E-state index contributed by atoms with van der Waals surface area (Å²) in [6.07, 6.45) is 5.05. The maximum atomic E-state index is 5.37. The van der Waals surface area contributed by atoms with Gasteiger partial charge in [0.05, 0.1) is 7.11 Å². The Morgan fingerprint density at radius 1 is 1.00 bits per heavy atom. The smallest absolute Gasteiger partial charge is 0.118 e. The van der Waals surface area contributed by atoms with Gasteiger partial charge in [-0.05, 0) is 82.8 Å². The van der Waals surface area contributed by atoms with E-state index in [0.717, 1.165) is 12.3 Å². The van der Waals surface area contributed by atoms with Crippen LogP contribution in [0.25, 0.3) is 5.57 Å². The third kappa shape index (κ3) is 3.45. The highest BCUT2D eigenvalue weighted by Gasteiger charge is 2.39. The average molecular weight is 408 g/mol. The molecule has 0 saturated carbocycles. The zero-order valence-corrected chi connectivity index (χ0v) is 17.8. The lowest BCUT2D eigenvalue weighted by atomic mass is 9.86. The second kappa shape index (κ2) is 7.86. The number of piperidine rings is 1. The second-order valence-corrected chi connectivity index (χ2v) is 9.58. The van der Waals surface area contributed by atoms with Crippen molar-refractivity contribution in [1.29, 1.82) is 0 Å². The number of hydrogen-bond donors (Lipinski definition) is 0. The summed E-state index contributed by atoms with van der Waals surface area (Å²) in [5.41, 5.74) is 5.78. The second-order valence-electron chi connectivity index (χ2n) is 7.76. The predicted octanol–water partition coefficient (Wildman–Crippen LogP) is 6.45. The lowest BCUT2D eigenvalue weighted by Crippen LogP contribution is -2.39. The first-order valence-corrected chi connectivity index (χ1v) is 11.8. The molecule has 2 bridgehead atoms. The molecule has 4 heterocycles. The molecule has 2 saturated heterocycles. The fraction of sp³-hybridized carbons (Fsp3) is 0.333. The van der Waals surface area contributed by atoms with Gasteiger partial charge in [0.25, 0.3) is 0 Å². The van der Waals surface area contributed by atoms with Gasteiger partial charge in [0.15, 0.2) is 0 Å². The summed E-state index contributed by atoms with van der Waals surface area (Å²) < 4.78 is 5.37. The van der Waals surface area contributed by atoms with Crippen LogP contribution in [0.2, 0.25) is 0 Å². The molecular formula is C24H25NOS2. The molecule has 4 heteroatoms. The Kier molecular flexibility index (Phi) is 5.10. The third-order valence-electron chi connectivity index (χ3n) is 6.20. The molecule has 0 aliphatic carbocycles. The highest BCUT2D eigenvalue weighted by atomic mass is 32.1. The van der Waals surface area contributed by atoms with Crippen molar-refractivity contribution in [2.24, 2.45) is 0 Å². The first kappa shape index (κ1) is 18.2. The molecule has 0 N–H and O–H groups in total. The van der Waals surface area contributed by atoms with Crippen molar-refractivity contribution in [3.8, 4) is 5.75 Å². The van der Waals surface area contributed by atoms with Crippen LogP contribution in [0.5, 0.6) is 5.75 Å². The van der Waals surface area contributed by atoms with E-state index in [4.69, 9.17) is 4.74 Å². The Morgan fingerprint density at radius 2 is 1.79 bits per heavy atom. The molecule has 0 radical (unpaired) electrons. The van der Waals surface area contributed by atoms with Gasteiger partial charge in [-0.25, -0.2) is 0 Å². The van der Waals surface area contributed by atoms with E-state index in [2.05, 4.69) is 63.5 Å². The lowest BCUT2D eigenvalue weighted by Gasteiger charge is -2.37. The number of fused-ring (bicyclic) bond motifs is 2. The lowest BCUT2D eigenvalue weighted by molar-refractivity contribution is 0.159. The summed E-state index contributed by atoms with van der Waals surface area (Å²) in [6, 6.07) is 16.7. The molecule has 2 aromatic heterocycles. The number of ether oxygens (including phenoxy) is 1. The molecule has 0 amide bonds. The number of rotatable bonds is 5. The van der Waals surface area contributed by atoms with Crippen LogP contribution in [0.15, 0.2) is 64.2 Å². The minimum atomic E-state index is 0.683. The summed E-state index contributed by atoms with van der Waals surface area (Å²) in [6.45, 7) is 1.12. The maximum absolute atomic E-state index is 5.37. The van der Waals surface area contributed by atoms with E-state index >= 15 is 0 Å². The monoisotopic (exact) mass is 407 g/mol. The van der Waals surface area contributed by atoms with Gasteiger partial charge in [-0.2, -0.15) is 11.3 Å². The molecule has 0 spiro atoms. The van der Waals surface area contributed by atoms with E-state index in [1.165, 1.54) is 47.3 Å². The molecule has 3 aromatic rings. The summed E-state index contributed by atoms with van der Waals surface area (Å²) in [4.78, 5) is 4.27. The van der Waals surface area contributed by atoms with Crippen molar-refractivity contribution in [2.75, 3.05) is 7.11 Å². The standard InChI is InChI=1S/C24H25NOS2/c1-26-22-8-4-17(5-9-22)24(18-10-12-27-16-18)19-13-20-6-7-21(14-19)25(20)15-23-3-2-11-28-23/h2-5,8-12,16,20-21H,6-7,13-15H2,1H3. The van der Waals surface area contributed by atoms with Crippen molar-refractivity contribution in [1.82, 2.24) is 4.90 Å². The molecule has 2 aliphatic rings. The molecule has 28 heavy (non-hydrogen) atoms. The van der Waals surface area contributed by atoms with Crippen molar-refractivity contribution in [3.05, 3.63) is 80.2 Å². The van der Waals surface area contributed by atoms with E-state index < -0.39 is 0 Å². The number of nitrogens with zero attached hydrogens (tertiary/aromatic N) is 1. The SMILES string of the molecule is COc1ccc(C(=C2CC3CCC(C2)N3Cc2cccs2)c2ccsc2)cc1. The molecule has 5 rings (SSSR count). The summed E-state index contributed by atoms with van der Waals surface area (Å²) >= 11 is 3.68. The van der Waals surface area contributed by atoms with Crippen LogP contribution in [0.1, 0.15) is 41.7 Å². The first-order valence-electron chi connectivity index (χ1n) is 9.99. The van der Waals surface area contributed by atoms with Gasteiger partial charge in [0, 0.05) is 23.5 Å². The van der Waals surface area contributed by atoms with Gasteiger partial charge >= 0.3 is 0 Å². The van der Waals surface area contributed by atoms with Crippen molar-refractivity contribution in [3.63, 3.8) is 0 Å². The normalized spacial score (nSPS) is 21.8. The van der Waals surface area contributed by atoms with Gasteiger partial charge < -0.3 is 4.74 Å². The maximum Gasteiger partial charge on any atom is 0.118 e. The van der Waals surface area contributed by atoms with Crippen LogP contribution < -0.4 is 4.74 Å². The van der Waals surface area contributed by atoms with E-state index in [1.54, 1.807) is 24.0 Å². The van der Waals surface area contributed by atoms with Gasteiger partial charge in [0.2, 0.25) is 0 Å². The molecule has 2 unspecified atom stereocenters. The Balaban J connectivity index is 1.48.